The molecular weight excluding hydrogens is 236 g/mol. The van der Waals surface area contributed by atoms with Crippen molar-refractivity contribution in [3.8, 4) is 0 Å². The Morgan fingerprint density at radius 1 is 1.16 bits per heavy atom. The van der Waals surface area contributed by atoms with Gasteiger partial charge in [0.25, 0.3) is 0 Å². The van der Waals surface area contributed by atoms with Gasteiger partial charge in [0, 0.05) is 20.1 Å². The first-order chi connectivity index (χ1) is 9.29. The fourth-order valence-electron chi connectivity index (χ4n) is 3.26. The maximum absolute atomic E-state index is 12.7. The standard InChI is InChI=1S/C17H24O2/c1-19-14-8-11-16(18)17(12-6-3-7-13-17)15-9-4-2-5-10-15/h2,4-5,9-10H,3,6-8,11-14H2,1H3. The second kappa shape index (κ2) is 6.85. The highest BCUT2D eigenvalue weighted by Crippen LogP contribution is 2.41. The number of hydrogen-bond acceptors (Lipinski definition) is 2. The molecule has 1 aromatic rings. The lowest BCUT2D eigenvalue weighted by Gasteiger charge is -2.36. The van der Waals surface area contributed by atoms with Crippen LogP contribution in [0.2, 0.25) is 0 Å². The fourth-order valence-corrected chi connectivity index (χ4v) is 3.26. The minimum absolute atomic E-state index is 0.215. The van der Waals surface area contributed by atoms with Gasteiger partial charge >= 0.3 is 0 Å². The van der Waals surface area contributed by atoms with Gasteiger partial charge in [-0.1, -0.05) is 49.6 Å². The maximum atomic E-state index is 12.7. The molecule has 0 N–H and O–H groups in total. The van der Waals surface area contributed by atoms with E-state index in [0.717, 1.165) is 19.3 Å². The molecule has 0 bridgehead atoms. The van der Waals surface area contributed by atoms with Gasteiger partial charge in [0.2, 0.25) is 0 Å². The summed E-state index contributed by atoms with van der Waals surface area (Å²) >= 11 is 0. The summed E-state index contributed by atoms with van der Waals surface area (Å²) in [5.41, 5.74) is 1.00. The van der Waals surface area contributed by atoms with Gasteiger partial charge in [-0.2, -0.15) is 0 Å². The first kappa shape index (κ1) is 14.3. The van der Waals surface area contributed by atoms with E-state index in [1.54, 1.807) is 7.11 Å². The van der Waals surface area contributed by atoms with Crippen molar-refractivity contribution in [3.05, 3.63) is 35.9 Å². The average molecular weight is 260 g/mol. The van der Waals surface area contributed by atoms with Gasteiger partial charge in [0.1, 0.15) is 5.78 Å². The van der Waals surface area contributed by atoms with Crippen LogP contribution in [0.4, 0.5) is 0 Å². The zero-order valence-electron chi connectivity index (χ0n) is 11.9. The Labute approximate surface area is 116 Å². The van der Waals surface area contributed by atoms with E-state index in [1.807, 2.05) is 18.2 Å². The molecule has 0 saturated heterocycles. The molecule has 0 spiro atoms. The molecule has 0 heterocycles. The Bertz CT molecular complexity index is 391. The van der Waals surface area contributed by atoms with Gasteiger partial charge < -0.3 is 4.74 Å². The third-order valence-electron chi connectivity index (χ3n) is 4.32. The number of ketones is 1. The number of hydrogen-bond donors (Lipinski definition) is 0. The molecular formula is C17H24O2. The summed E-state index contributed by atoms with van der Waals surface area (Å²) < 4.78 is 5.07. The lowest BCUT2D eigenvalue weighted by atomic mass is 9.66. The van der Waals surface area contributed by atoms with E-state index in [2.05, 4.69) is 12.1 Å². The molecule has 2 rings (SSSR count). The topological polar surface area (TPSA) is 26.3 Å². The van der Waals surface area contributed by atoms with E-state index in [9.17, 15) is 4.79 Å². The second-order valence-electron chi connectivity index (χ2n) is 5.53. The third-order valence-corrected chi connectivity index (χ3v) is 4.32. The molecule has 0 amide bonds. The van der Waals surface area contributed by atoms with Crippen LogP contribution >= 0.6 is 0 Å². The van der Waals surface area contributed by atoms with E-state index < -0.39 is 0 Å². The van der Waals surface area contributed by atoms with E-state index in [4.69, 9.17) is 4.74 Å². The van der Waals surface area contributed by atoms with Gasteiger partial charge in [-0.05, 0) is 24.8 Å². The predicted molar refractivity (Wildman–Crippen MR) is 77.3 cm³/mol. The number of benzene rings is 1. The number of ether oxygens (including phenoxy) is 1. The highest BCUT2D eigenvalue weighted by Gasteiger charge is 2.39. The molecule has 0 aliphatic heterocycles. The van der Waals surface area contributed by atoms with Crippen molar-refractivity contribution in [2.24, 2.45) is 0 Å². The smallest absolute Gasteiger partial charge is 0.143 e. The third kappa shape index (κ3) is 3.24. The van der Waals surface area contributed by atoms with Crippen molar-refractivity contribution in [2.75, 3.05) is 13.7 Å². The number of carbonyl (C=O) groups is 1. The van der Waals surface area contributed by atoms with Crippen LogP contribution in [0.5, 0.6) is 0 Å². The minimum atomic E-state index is -0.215. The molecule has 1 saturated carbocycles. The Morgan fingerprint density at radius 2 is 1.84 bits per heavy atom. The van der Waals surface area contributed by atoms with Crippen LogP contribution < -0.4 is 0 Å². The summed E-state index contributed by atoms with van der Waals surface area (Å²) in [6.07, 6.45) is 7.12. The van der Waals surface area contributed by atoms with Crippen LogP contribution in [0.3, 0.4) is 0 Å². The molecule has 0 aromatic heterocycles. The van der Waals surface area contributed by atoms with Gasteiger partial charge in [-0.25, -0.2) is 0 Å². The Kier molecular flexibility index (Phi) is 5.15. The zero-order valence-corrected chi connectivity index (χ0v) is 11.9. The predicted octanol–water partition coefficient (Wildman–Crippen LogP) is 3.88. The lowest BCUT2D eigenvalue weighted by molar-refractivity contribution is -0.126. The average Bonchev–Trinajstić information content (AvgIpc) is 2.49. The molecule has 1 aromatic carbocycles. The first-order valence-corrected chi connectivity index (χ1v) is 7.37. The molecule has 2 heteroatoms. The van der Waals surface area contributed by atoms with Crippen LogP contribution in [-0.2, 0) is 14.9 Å². The molecule has 19 heavy (non-hydrogen) atoms. The van der Waals surface area contributed by atoms with Gasteiger partial charge in [0.15, 0.2) is 0 Å². The van der Waals surface area contributed by atoms with Crippen molar-refractivity contribution < 1.29 is 9.53 Å². The van der Waals surface area contributed by atoms with Gasteiger partial charge in [-0.15, -0.1) is 0 Å². The van der Waals surface area contributed by atoms with E-state index in [1.165, 1.54) is 24.8 Å². The zero-order chi connectivity index (χ0) is 13.6. The van der Waals surface area contributed by atoms with Crippen LogP contribution in [0.1, 0.15) is 50.5 Å². The van der Waals surface area contributed by atoms with Gasteiger partial charge in [0.05, 0.1) is 5.41 Å². The molecule has 104 valence electrons. The quantitative estimate of drug-likeness (QED) is 0.725. The molecule has 0 unspecified atom stereocenters. The van der Waals surface area contributed by atoms with Crippen molar-refractivity contribution in [2.45, 2.75) is 50.4 Å². The molecule has 0 atom stereocenters. The first-order valence-electron chi connectivity index (χ1n) is 7.37. The second-order valence-corrected chi connectivity index (χ2v) is 5.53. The Balaban J connectivity index is 2.17. The minimum Gasteiger partial charge on any atom is -0.385 e. The number of methoxy groups -OCH3 is 1. The summed E-state index contributed by atoms with van der Waals surface area (Å²) in [6.45, 7) is 0.677. The monoisotopic (exact) mass is 260 g/mol. The summed E-state index contributed by atoms with van der Waals surface area (Å²) in [6, 6.07) is 10.4. The largest absolute Gasteiger partial charge is 0.385 e. The number of carbonyl (C=O) groups excluding carboxylic acids is 1. The summed E-state index contributed by atoms with van der Waals surface area (Å²) in [4.78, 5) is 12.7. The molecule has 1 aliphatic carbocycles. The lowest BCUT2D eigenvalue weighted by Crippen LogP contribution is -2.38. The SMILES string of the molecule is COCCCC(=O)C1(c2ccccc2)CCCCC1. The fraction of sp³-hybridized carbons (Fsp3) is 0.588. The van der Waals surface area contributed by atoms with Crippen LogP contribution in [-0.4, -0.2) is 19.5 Å². The Morgan fingerprint density at radius 3 is 2.47 bits per heavy atom. The summed E-state index contributed by atoms with van der Waals surface area (Å²) in [5.74, 6) is 0.412. The molecule has 0 radical (unpaired) electrons. The van der Waals surface area contributed by atoms with E-state index >= 15 is 0 Å². The maximum Gasteiger partial charge on any atom is 0.143 e. The summed E-state index contributed by atoms with van der Waals surface area (Å²) in [5, 5.41) is 0. The number of Topliss-reactive ketones (excluding diaryl/α,β-unsaturated/α-hetero) is 1. The van der Waals surface area contributed by atoms with E-state index in [-0.39, 0.29) is 5.41 Å². The van der Waals surface area contributed by atoms with Crippen molar-refractivity contribution in [1.82, 2.24) is 0 Å². The molecule has 2 nitrogen and oxygen atoms in total. The van der Waals surface area contributed by atoms with Crippen LogP contribution in [0.15, 0.2) is 30.3 Å². The van der Waals surface area contributed by atoms with Crippen LogP contribution in [0, 0.1) is 0 Å². The highest BCUT2D eigenvalue weighted by molar-refractivity contribution is 5.90. The van der Waals surface area contributed by atoms with E-state index in [0.29, 0.717) is 18.8 Å². The van der Waals surface area contributed by atoms with Gasteiger partial charge in [-0.3, -0.25) is 4.79 Å². The van der Waals surface area contributed by atoms with Crippen molar-refractivity contribution >= 4 is 5.78 Å². The highest BCUT2D eigenvalue weighted by atomic mass is 16.5. The normalized spacial score (nSPS) is 18.2. The molecule has 1 aliphatic rings. The van der Waals surface area contributed by atoms with Crippen LogP contribution in [0.25, 0.3) is 0 Å². The summed E-state index contributed by atoms with van der Waals surface area (Å²) in [7, 11) is 1.69. The van der Waals surface area contributed by atoms with Crippen molar-refractivity contribution in [3.63, 3.8) is 0 Å². The number of rotatable bonds is 6. The van der Waals surface area contributed by atoms with Crippen molar-refractivity contribution in [1.29, 1.82) is 0 Å². The molecule has 1 fully saturated rings. The Hall–Kier alpha value is -1.15.